The summed E-state index contributed by atoms with van der Waals surface area (Å²) in [6, 6.07) is 8.55. The fourth-order valence-corrected chi connectivity index (χ4v) is 3.70. The molecule has 0 radical (unpaired) electrons. The average molecular weight is 357 g/mol. The van der Waals surface area contributed by atoms with Gasteiger partial charge in [0.2, 0.25) is 0 Å². The third-order valence-electron chi connectivity index (χ3n) is 2.97. The summed E-state index contributed by atoms with van der Waals surface area (Å²) in [5.41, 5.74) is 10.2. The zero-order chi connectivity index (χ0) is 12.6. The second-order valence-electron chi connectivity index (χ2n) is 4.32. The lowest BCUT2D eigenvalue weighted by atomic mass is 9.98. The minimum atomic E-state index is -0.00764. The second-order valence-corrected chi connectivity index (χ2v) is 6.86. The summed E-state index contributed by atoms with van der Waals surface area (Å²) in [6.07, 6.45) is 0. The van der Waals surface area contributed by atoms with E-state index in [-0.39, 0.29) is 6.04 Å². The van der Waals surface area contributed by atoms with Crippen LogP contribution in [0.3, 0.4) is 0 Å². The normalized spacial score (nSPS) is 12.8. The van der Waals surface area contributed by atoms with Crippen molar-refractivity contribution in [1.29, 1.82) is 0 Å². The predicted molar refractivity (Wildman–Crippen MR) is 83.7 cm³/mol. The van der Waals surface area contributed by atoms with E-state index in [1.807, 2.05) is 11.3 Å². The highest BCUT2D eigenvalue weighted by molar-refractivity contribution is 14.1. The highest BCUT2D eigenvalue weighted by Crippen LogP contribution is 2.31. The van der Waals surface area contributed by atoms with E-state index in [1.165, 1.54) is 30.0 Å². The first-order chi connectivity index (χ1) is 8.00. The number of nitrogens with two attached hydrogens (primary N) is 1. The summed E-state index contributed by atoms with van der Waals surface area (Å²) in [7, 11) is 0. The molecule has 2 aromatic rings. The number of hydrogen-bond acceptors (Lipinski definition) is 2. The van der Waals surface area contributed by atoms with Gasteiger partial charge in [-0.05, 0) is 66.1 Å². The van der Waals surface area contributed by atoms with Crippen molar-refractivity contribution in [2.24, 2.45) is 5.73 Å². The molecule has 1 nitrogen and oxygen atoms in total. The molecule has 0 amide bonds. The monoisotopic (exact) mass is 357 g/mol. The van der Waals surface area contributed by atoms with Crippen molar-refractivity contribution < 1.29 is 0 Å². The Morgan fingerprint density at radius 3 is 2.47 bits per heavy atom. The topological polar surface area (TPSA) is 26.0 Å². The van der Waals surface area contributed by atoms with E-state index >= 15 is 0 Å². The molecule has 3 heteroatoms. The van der Waals surface area contributed by atoms with E-state index < -0.39 is 0 Å². The second kappa shape index (κ2) is 5.08. The molecule has 0 spiro atoms. The Morgan fingerprint density at radius 2 is 1.88 bits per heavy atom. The summed E-state index contributed by atoms with van der Waals surface area (Å²) in [5, 5.41) is 0. The molecule has 0 aliphatic heterocycles. The van der Waals surface area contributed by atoms with E-state index in [1.54, 1.807) is 0 Å². The van der Waals surface area contributed by atoms with Gasteiger partial charge in [0.05, 0.1) is 6.04 Å². The maximum absolute atomic E-state index is 6.40. The quantitative estimate of drug-likeness (QED) is 0.796. The van der Waals surface area contributed by atoms with Gasteiger partial charge in [-0.25, -0.2) is 0 Å². The van der Waals surface area contributed by atoms with Crippen LogP contribution in [-0.4, -0.2) is 0 Å². The number of hydrogen-bond donors (Lipinski definition) is 1. The van der Waals surface area contributed by atoms with Gasteiger partial charge >= 0.3 is 0 Å². The lowest BCUT2D eigenvalue weighted by molar-refractivity contribution is 0.860. The highest BCUT2D eigenvalue weighted by Gasteiger charge is 2.16. The SMILES string of the molecule is Cc1cc(C(N)c2cccc(C)c2I)c(C)s1. The molecule has 17 heavy (non-hydrogen) atoms. The number of thiophene rings is 1. The molecular formula is C14H16INS. The molecule has 1 aromatic carbocycles. The van der Waals surface area contributed by atoms with E-state index in [2.05, 4.69) is 67.6 Å². The Bertz CT molecular complexity index is 545. The van der Waals surface area contributed by atoms with E-state index in [0.717, 1.165) is 0 Å². The van der Waals surface area contributed by atoms with Crippen LogP contribution in [-0.2, 0) is 0 Å². The molecule has 1 atom stereocenters. The average Bonchev–Trinajstić information content (AvgIpc) is 2.61. The molecule has 90 valence electrons. The number of rotatable bonds is 2. The van der Waals surface area contributed by atoms with Crippen LogP contribution in [0.2, 0.25) is 0 Å². The van der Waals surface area contributed by atoms with Crippen molar-refractivity contribution >= 4 is 33.9 Å². The first kappa shape index (κ1) is 13.1. The summed E-state index contributed by atoms with van der Waals surface area (Å²) in [4.78, 5) is 2.66. The molecule has 0 bridgehead atoms. The molecule has 0 fully saturated rings. The van der Waals surface area contributed by atoms with Gasteiger partial charge in [-0.15, -0.1) is 11.3 Å². The van der Waals surface area contributed by atoms with Gasteiger partial charge < -0.3 is 5.73 Å². The molecule has 1 heterocycles. The number of aryl methyl sites for hydroxylation is 3. The van der Waals surface area contributed by atoms with E-state index in [0.29, 0.717) is 0 Å². The largest absolute Gasteiger partial charge is 0.320 e. The van der Waals surface area contributed by atoms with Gasteiger partial charge in [-0.3, -0.25) is 0 Å². The number of halogens is 1. The summed E-state index contributed by atoms with van der Waals surface area (Å²) >= 11 is 4.21. The maximum Gasteiger partial charge on any atom is 0.0573 e. The van der Waals surface area contributed by atoms with Crippen LogP contribution in [0.4, 0.5) is 0 Å². The maximum atomic E-state index is 6.40. The zero-order valence-electron chi connectivity index (χ0n) is 10.3. The summed E-state index contributed by atoms with van der Waals surface area (Å²) in [5.74, 6) is 0. The summed E-state index contributed by atoms with van der Waals surface area (Å²) in [6.45, 7) is 6.41. The van der Waals surface area contributed by atoms with Gasteiger partial charge in [-0.1, -0.05) is 18.2 Å². The minimum absolute atomic E-state index is 0.00764. The molecule has 1 unspecified atom stereocenters. The molecule has 0 saturated heterocycles. The minimum Gasteiger partial charge on any atom is -0.320 e. The van der Waals surface area contributed by atoms with E-state index in [9.17, 15) is 0 Å². The third-order valence-corrected chi connectivity index (χ3v) is 5.43. The molecule has 0 aliphatic rings. The van der Waals surface area contributed by atoms with Crippen molar-refractivity contribution in [2.75, 3.05) is 0 Å². The molecular weight excluding hydrogens is 341 g/mol. The molecule has 2 N–H and O–H groups in total. The van der Waals surface area contributed by atoms with Crippen LogP contribution in [0.5, 0.6) is 0 Å². The van der Waals surface area contributed by atoms with Crippen LogP contribution in [0.25, 0.3) is 0 Å². The fraction of sp³-hybridized carbons (Fsp3) is 0.286. The molecule has 0 saturated carbocycles. The van der Waals surface area contributed by atoms with Crippen LogP contribution in [0.15, 0.2) is 24.3 Å². The van der Waals surface area contributed by atoms with Crippen molar-refractivity contribution in [3.05, 3.63) is 54.3 Å². The van der Waals surface area contributed by atoms with Crippen LogP contribution in [0, 0.1) is 24.3 Å². The molecule has 1 aromatic heterocycles. The lowest BCUT2D eigenvalue weighted by Crippen LogP contribution is -2.14. The first-order valence-corrected chi connectivity index (χ1v) is 7.47. The Morgan fingerprint density at radius 1 is 1.18 bits per heavy atom. The van der Waals surface area contributed by atoms with Crippen molar-refractivity contribution in [3.63, 3.8) is 0 Å². The van der Waals surface area contributed by atoms with Gasteiger partial charge in [0.1, 0.15) is 0 Å². The van der Waals surface area contributed by atoms with Crippen LogP contribution in [0.1, 0.15) is 32.5 Å². The van der Waals surface area contributed by atoms with Gasteiger partial charge in [0.25, 0.3) is 0 Å². The van der Waals surface area contributed by atoms with Crippen molar-refractivity contribution in [3.8, 4) is 0 Å². The van der Waals surface area contributed by atoms with Crippen molar-refractivity contribution in [1.82, 2.24) is 0 Å². The number of benzene rings is 1. The van der Waals surface area contributed by atoms with Gasteiger partial charge in [0.15, 0.2) is 0 Å². The Kier molecular flexibility index (Phi) is 3.90. The van der Waals surface area contributed by atoms with Crippen LogP contribution < -0.4 is 5.73 Å². The zero-order valence-corrected chi connectivity index (χ0v) is 13.2. The third kappa shape index (κ3) is 2.56. The predicted octanol–water partition coefficient (Wildman–Crippen LogP) is 4.33. The molecule has 0 aliphatic carbocycles. The van der Waals surface area contributed by atoms with Gasteiger partial charge in [-0.2, -0.15) is 0 Å². The van der Waals surface area contributed by atoms with E-state index in [4.69, 9.17) is 5.73 Å². The van der Waals surface area contributed by atoms with Crippen molar-refractivity contribution in [2.45, 2.75) is 26.8 Å². The van der Waals surface area contributed by atoms with Gasteiger partial charge in [0, 0.05) is 13.3 Å². The Hall–Kier alpha value is -0.390. The summed E-state index contributed by atoms with van der Waals surface area (Å²) < 4.78 is 1.28. The highest BCUT2D eigenvalue weighted by atomic mass is 127. The Labute approximate surface area is 120 Å². The first-order valence-electron chi connectivity index (χ1n) is 5.58. The molecule has 2 rings (SSSR count). The smallest absolute Gasteiger partial charge is 0.0573 e. The standard InChI is InChI=1S/C14H16INS/c1-8-5-4-6-11(13(8)15)14(16)12-7-9(2)17-10(12)3/h4-7,14H,16H2,1-3H3. The Balaban J connectivity index is 2.47. The lowest BCUT2D eigenvalue weighted by Gasteiger charge is -2.15. The fourth-order valence-electron chi connectivity index (χ4n) is 2.04. The van der Waals surface area contributed by atoms with Crippen LogP contribution >= 0.6 is 33.9 Å².